The van der Waals surface area contributed by atoms with Gasteiger partial charge >= 0.3 is 0 Å². The van der Waals surface area contributed by atoms with E-state index in [4.69, 9.17) is 8.83 Å². The Kier molecular flexibility index (Phi) is 9.93. The lowest BCUT2D eigenvalue weighted by atomic mass is 9.39. The summed E-state index contributed by atoms with van der Waals surface area (Å²) in [6.07, 6.45) is 3.86. The Labute approximate surface area is 431 Å². The SMILES string of the molecule is Cc1cc(-c2coc3ccccc23)cc(C)c1N1c2cc(C(C)C)cc3c2B(c2sc4ccc(C(C)(C)C)cc4c21)c1sc2ccc(C(C)(C)C)cc2c1N3c1c(C)cc(-c2coc3ccccc23)cc1C. The Morgan fingerprint density at radius 1 is 0.472 bits per heavy atom. The second kappa shape index (κ2) is 15.9. The van der Waals surface area contributed by atoms with Crippen LogP contribution >= 0.6 is 22.7 Å². The minimum absolute atomic E-state index is 0.0223. The molecule has 7 aromatic carbocycles. The summed E-state index contributed by atoms with van der Waals surface area (Å²) in [6, 6.07) is 46.0. The molecule has 11 aromatic rings. The number of hydrogen-bond acceptors (Lipinski definition) is 6. The first kappa shape index (κ1) is 45.1. The van der Waals surface area contributed by atoms with Crippen molar-refractivity contribution in [2.75, 3.05) is 9.80 Å². The van der Waals surface area contributed by atoms with Crippen LogP contribution in [0.15, 0.2) is 143 Å². The second-order valence-electron chi connectivity index (χ2n) is 23.0. The fourth-order valence-electron chi connectivity index (χ4n) is 12.1. The second-order valence-corrected chi connectivity index (χ2v) is 25.2. The van der Waals surface area contributed by atoms with Gasteiger partial charge in [-0.2, -0.15) is 0 Å². The summed E-state index contributed by atoms with van der Waals surface area (Å²) in [5, 5.41) is 4.91. The van der Waals surface area contributed by atoms with Crippen LogP contribution in [0.25, 0.3) is 64.4 Å². The van der Waals surface area contributed by atoms with Gasteiger partial charge < -0.3 is 18.6 Å². The fourth-order valence-corrected chi connectivity index (χ4v) is 14.7. The molecule has 0 bridgehead atoms. The highest BCUT2D eigenvalue weighted by molar-refractivity contribution is 7.40. The molecule has 0 saturated heterocycles. The highest BCUT2D eigenvalue weighted by Gasteiger charge is 2.48. The number of furan rings is 2. The van der Waals surface area contributed by atoms with E-state index in [-0.39, 0.29) is 23.5 Å². The first-order valence-electron chi connectivity index (χ1n) is 25.5. The zero-order valence-electron chi connectivity index (χ0n) is 43.4. The van der Waals surface area contributed by atoms with Gasteiger partial charge in [0, 0.05) is 63.0 Å². The summed E-state index contributed by atoms with van der Waals surface area (Å²) in [6.45, 7) is 28.0. The van der Waals surface area contributed by atoms with Gasteiger partial charge in [0.25, 0.3) is 6.71 Å². The maximum atomic E-state index is 6.14. The Morgan fingerprint density at radius 3 is 1.26 bits per heavy atom. The number of fused-ring (bicyclic) bond motifs is 10. The van der Waals surface area contributed by atoms with E-state index >= 15 is 0 Å². The first-order valence-corrected chi connectivity index (χ1v) is 27.2. The molecule has 0 atom stereocenters. The molecule has 0 unspecified atom stereocenters. The van der Waals surface area contributed by atoms with Crippen LogP contribution in [0.1, 0.15) is 100 Å². The van der Waals surface area contributed by atoms with Crippen LogP contribution in [0.4, 0.5) is 34.1 Å². The van der Waals surface area contributed by atoms with Crippen LogP contribution in [0, 0.1) is 27.7 Å². The van der Waals surface area contributed by atoms with Crippen molar-refractivity contribution in [3.8, 4) is 22.3 Å². The van der Waals surface area contributed by atoms with E-state index in [1.807, 2.05) is 47.3 Å². The smallest absolute Gasteiger partial charge is 0.277 e. The molecule has 0 fully saturated rings. The number of para-hydroxylation sites is 2. The quantitative estimate of drug-likeness (QED) is 0.161. The summed E-state index contributed by atoms with van der Waals surface area (Å²) in [5.41, 5.74) is 24.3. The molecule has 0 spiro atoms. The number of benzene rings is 7. The number of hydrogen-bond donors (Lipinski definition) is 0. The third kappa shape index (κ3) is 6.69. The number of aryl methyl sites for hydroxylation is 4. The van der Waals surface area contributed by atoms with Crippen molar-refractivity contribution in [3.05, 3.63) is 173 Å². The molecule has 0 aliphatic carbocycles. The van der Waals surface area contributed by atoms with Gasteiger partial charge in [-0.25, -0.2) is 0 Å². The molecule has 0 saturated carbocycles. The molecule has 13 rings (SSSR count). The molecule has 4 nitrogen and oxygen atoms in total. The van der Waals surface area contributed by atoms with E-state index in [1.54, 1.807) is 0 Å². The summed E-state index contributed by atoms with van der Waals surface area (Å²) in [4.78, 5) is 5.40. The molecule has 0 radical (unpaired) electrons. The highest BCUT2D eigenvalue weighted by atomic mass is 32.1. The van der Waals surface area contributed by atoms with Crippen LogP contribution in [-0.4, -0.2) is 6.71 Å². The molecule has 2 aliphatic heterocycles. The minimum atomic E-state index is -0.0238. The normalized spacial score (nSPS) is 13.6. The van der Waals surface area contributed by atoms with Gasteiger partial charge in [0.1, 0.15) is 11.2 Å². The maximum absolute atomic E-state index is 6.14. The van der Waals surface area contributed by atoms with E-state index in [2.05, 4.69) is 202 Å². The van der Waals surface area contributed by atoms with E-state index in [0.717, 1.165) is 33.1 Å². The van der Waals surface area contributed by atoms with E-state index in [1.165, 1.54) is 119 Å². The first-order chi connectivity index (χ1) is 34.4. The molecule has 72 heavy (non-hydrogen) atoms. The van der Waals surface area contributed by atoms with Crippen LogP contribution < -0.4 is 24.8 Å². The summed E-state index contributed by atoms with van der Waals surface area (Å²) >= 11 is 3.98. The lowest BCUT2D eigenvalue weighted by Gasteiger charge is -2.44. The van der Waals surface area contributed by atoms with Gasteiger partial charge in [0.05, 0.1) is 35.3 Å². The molecular weight excluding hydrogens is 916 g/mol. The van der Waals surface area contributed by atoms with Crippen LogP contribution in [0.5, 0.6) is 0 Å². The topological polar surface area (TPSA) is 32.8 Å². The largest absolute Gasteiger partial charge is 0.464 e. The Morgan fingerprint density at radius 2 is 0.875 bits per heavy atom. The third-order valence-corrected chi connectivity index (χ3v) is 18.1. The van der Waals surface area contributed by atoms with Gasteiger partial charge in [-0.15, -0.1) is 22.7 Å². The van der Waals surface area contributed by atoms with Gasteiger partial charge in [-0.1, -0.05) is 104 Å². The summed E-state index contributed by atoms with van der Waals surface area (Å²) in [5.74, 6) is 0.271. The predicted molar refractivity (Wildman–Crippen MR) is 312 cm³/mol. The maximum Gasteiger partial charge on any atom is 0.277 e. The average Bonchev–Trinajstić information content (AvgIpc) is 4.14. The van der Waals surface area contributed by atoms with E-state index in [0.29, 0.717) is 0 Å². The summed E-state index contributed by atoms with van der Waals surface area (Å²) < 4.78 is 17.7. The number of thiophene rings is 2. The molecule has 7 heteroatoms. The van der Waals surface area contributed by atoms with Crippen LogP contribution in [0.3, 0.4) is 0 Å². The highest BCUT2D eigenvalue weighted by Crippen LogP contribution is 2.54. The molecular formula is C65H59BN2O2S2. The Balaban J connectivity index is 1.14. The zero-order valence-corrected chi connectivity index (χ0v) is 45.0. The van der Waals surface area contributed by atoms with Crippen molar-refractivity contribution in [1.82, 2.24) is 0 Å². The monoisotopic (exact) mass is 974 g/mol. The minimum Gasteiger partial charge on any atom is -0.464 e. The molecule has 6 heterocycles. The standard InChI is InChI=1S/C65H59BN2O2S2/c1-35(2)40-29-51-57-52(30-40)68(59-38(5)27-42(28-39(59)6)50-34-70-54-20-16-14-18-46(50)54)61-48-32-44(65(10,11)12)22-24-56(48)72-63(61)66(57)62-60(47-31-43(64(7,8)9)21-23-55(47)71-62)67(51)58-36(3)25-41(26-37(58)4)49-33-69-53-19-15-13-17-45(49)53/h13-35H,1-12H3. The number of rotatable bonds is 5. The molecule has 356 valence electrons. The van der Waals surface area contributed by atoms with E-state index in [9.17, 15) is 0 Å². The van der Waals surface area contributed by atoms with Gasteiger partial charge in [-0.05, 0) is 173 Å². The summed E-state index contributed by atoms with van der Waals surface area (Å²) in [7, 11) is 0. The molecule has 4 aromatic heterocycles. The zero-order chi connectivity index (χ0) is 49.9. The van der Waals surface area contributed by atoms with Gasteiger partial charge in [-0.3, -0.25) is 0 Å². The van der Waals surface area contributed by atoms with Crippen molar-refractivity contribution < 1.29 is 8.83 Å². The van der Waals surface area contributed by atoms with Crippen molar-refractivity contribution in [1.29, 1.82) is 0 Å². The average molecular weight is 975 g/mol. The van der Waals surface area contributed by atoms with Gasteiger partial charge in [0.15, 0.2) is 0 Å². The van der Waals surface area contributed by atoms with Crippen molar-refractivity contribution in [2.45, 2.75) is 99.8 Å². The van der Waals surface area contributed by atoms with Crippen LogP contribution in [-0.2, 0) is 10.8 Å². The lowest BCUT2D eigenvalue weighted by Crippen LogP contribution is -2.59. The number of anilines is 6. The molecule has 2 aliphatic rings. The van der Waals surface area contributed by atoms with Gasteiger partial charge in [0.2, 0.25) is 0 Å². The van der Waals surface area contributed by atoms with Crippen molar-refractivity contribution >= 4 is 121 Å². The lowest BCUT2D eigenvalue weighted by molar-refractivity contribution is 0.591. The number of nitrogens with zero attached hydrogens (tertiary/aromatic N) is 2. The third-order valence-electron chi connectivity index (χ3n) is 15.7. The molecule has 0 N–H and O–H groups in total. The predicted octanol–water partition coefficient (Wildman–Crippen LogP) is 18.0. The Bertz CT molecular complexity index is 3770. The van der Waals surface area contributed by atoms with E-state index < -0.39 is 0 Å². The molecule has 0 amide bonds. The van der Waals surface area contributed by atoms with Crippen molar-refractivity contribution in [3.63, 3.8) is 0 Å². The van der Waals surface area contributed by atoms with Crippen molar-refractivity contribution in [2.24, 2.45) is 0 Å². The fraction of sp³-hybridized carbons (Fsp3) is 0.231. The van der Waals surface area contributed by atoms with Crippen LogP contribution in [0.2, 0.25) is 0 Å². The Hall–Kier alpha value is -6.80.